The van der Waals surface area contributed by atoms with Gasteiger partial charge in [0, 0.05) is 38.4 Å². The average Bonchev–Trinajstić information content (AvgIpc) is 2.70. The lowest BCUT2D eigenvalue weighted by atomic mass is 9.93. The van der Waals surface area contributed by atoms with E-state index < -0.39 is 5.69 Å². The molecule has 1 amide bonds. The molecule has 0 saturated heterocycles. The Bertz CT molecular complexity index is 1160. The van der Waals surface area contributed by atoms with E-state index >= 15 is 0 Å². The van der Waals surface area contributed by atoms with Gasteiger partial charge in [-0.2, -0.15) is 0 Å². The Morgan fingerprint density at radius 2 is 1.93 bits per heavy atom. The molecule has 1 aliphatic rings. The van der Waals surface area contributed by atoms with Gasteiger partial charge in [-0.25, -0.2) is 4.79 Å². The molecule has 3 aromatic rings. The highest BCUT2D eigenvalue weighted by atomic mass is 16.2. The molecule has 7 heteroatoms. The second-order valence-corrected chi connectivity index (χ2v) is 7.40. The van der Waals surface area contributed by atoms with Gasteiger partial charge in [-0.05, 0) is 48.2 Å². The van der Waals surface area contributed by atoms with Crippen molar-refractivity contribution in [3.05, 3.63) is 74.4 Å². The molecule has 0 saturated carbocycles. The number of carbonyl (C=O) groups excluding carboxylic acids is 1. The lowest BCUT2D eigenvalue weighted by Crippen LogP contribution is -2.39. The summed E-state index contributed by atoms with van der Waals surface area (Å²) >= 11 is 0. The number of aromatic nitrogens is 2. The van der Waals surface area contributed by atoms with E-state index in [9.17, 15) is 14.4 Å². The van der Waals surface area contributed by atoms with E-state index in [-0.39, 0.29) is 17.4 Å². The van der Waals surface area contributed by atoms with Crippen molar-refractivity contribution in [1.29, 1.82) is 0 Å². The Kier molecular flexibility index (Phi) is 4.50. The quantitative estimate of drug-likeness (QED) is 0.718. The van der Waals surface area contributed by atoms with Crippen LogP contribution in [-0.4, -0.2) is 36.1 Å². The van der Waals surface area contributed by atoms with Crippen LogP contribution in [0.25, 0.3) is 10.9 Å². The van der Waals surface area contributed by atoms with Crippen LogP contribution in [0, 0.1) is 5.92 Å². The van der Waals surface area contributed by atoms with Gasteiger partial charge in [0.05, 0.1) is 10.9 Å². The zero-order valence-corrected chi connectivity index (χ0v) is 15.9. The van der Waals surface area contributed by atoms with E-state index in [1.165, 1.54) is 0 Å². The van der Waals surface area contributed by atoms with Gasteiger partial charge in [0.2, 0.25) is 0 Å². The molecule has 0 radical (unpaired) electrons. The third-order valence-corrected chi connectivity index (χ3v) is 5.25. The molecule has 0 fully saturated rings. The Balaban J connectivity index is 1.50. The van der Waals surface area contributed by atoms with Crippen molar-refractivity contribution in [2.45, 2.75) is 13.0 Å². The minimum Gasteiger partial charge on any atom is -0.378 e. The van der Waals surface area contributed by atoms with Gasteiger partial charge in [0.25, 0.3) is 11.5 Å². The van der Waals surface area contributed by atoms with Crippen LogP contribution in [0.4, 0.5) is 5.69 Å². The molecule has 4 rings (SSSR count). The summed E-state index contributed by atoms with van der Waals surface area (Å²) in [4.78, 5) is 41.1. The molecule has 1 unspecified atom stereocenters. The van der Waals surface area contributed by atoms with E-state index in [0.29, 0.717) is 36.0 Å². The second kappa shape index (κ2) is 6.99. The number of amides is 1. The maximum atomic E-state index is 12.5. The number of para-hydroxylation sites is 1. The number of rotatable bonds is 4. The molecule has 0 aliphatic carbocycles. The molecular formula is C21H22N4O3. The molecule has 2 aromatic carbocycles. The Morgan fingerprint density at radius 1 is 1.18 bits per heavy atom. The van der Waals surface area contributed by atoms with Crippen LogP contribution in [0.2, 0.25) is 0 Å². The van der Waals surface area contributed by atoms with Crippen LogP contribution < -0.4 is 21.5 Å². The van der Waals surface area contributed by atoms with Gasteiger partial charge in [-0.15, -0.1) is 0 Å². The second-order valence-electron chi connectivity index (χ2n) is 7.40. The lowest BCUT2D eigenvalue weighted by Gasteiger charge is -2.26. The van der Waals surface area contributed by atoms with Crippen molar-refractivity contribution >= 4 is 22.5 Å². The van der Waals surface area contributed by atoms with Gasteiger partial charge in [0.1, 0.15) is 0 Å². The molecule has 144 valence electrons. The van der Waals surface area contributed by atoms with Crippen LogP contribution in [-0.2, 0) is 13.0 Å². The van der Waals surface area contributed by atoms with E-state index in [2.05, 4.69) is 10.3 Å². The van der Waals surface area contributed by atoms with E-state index in [1.54, 1.807) is 22.8 Å². The molecule has 7 nitrogen and oxygen atoms in total. The average molecular weight is 378 g/mol. The molecule has 1 atom stereocenters. The number of nitrogens with one attached hydrogen (secondary N) is 2. The number of benzene rings is 2. The van der Waals surface area contributed by atoms with Crippen molar-refractivity contribution in [3.63, 3.8) is 0 Å². The summed E-state index contributed by atoms with van der Waals surface area (Å²) in [5.74, 6) is -0.0603. The number of carbonyl (C=O) groups is 1. The number of anilines is 1. The molecule has 2 heterocycles. The summed E-state index contributed by atoms with van der Waals surface area (Å²) in [6.07, 6.45) is 0.708. The Labute approximate surface area is 161 Å². The highest BCUT2D eigenvalue weighted by Crippen LogP contribution is 2.24. The van der Waals surface area contributed by atoms with Crippen molar-refractivity contribution in [1.82, 2.24) is 14.9 Å². The Hall–Kier alpha value is -3.35. The number of hydrogen-bond donors (Lipinski definition) is 2. The fourth-order valence-corrected chi connectivity index (χ4v) is 3.79. The van der Waals surface area contributed by atoms with Crippen LogP contribution in [0.5, 0.6) is 0 Å². The summed E-state index contributed by atoms with van der Waals surface area (Å²) in [7, 11) is 3.90. The molecular weight excluding hydrogens is 356 g/mol. The van der Waals surface area contributed by atoms with E-state index in [4.69, 9.17) is 0 Å². The zero-order valence-electron chi connectivity index (χ0n) is 15.9. The van der Waals surface area contributed by atoms with E-state index in [1.807, 2.05) is 43.3 Å². The van der Waals surface area contributed by atoms with Crippen molar-refractivity contribution in [2.75, 3.05) is 25.5 Å². The lowest BCUT2D eigenvalue weighted by molar-refractivity contribution is 0.0945. The molecule has 0 spiro atoms. The predicted molar refractivity (Wildman–Crippen MR) is 109 cm³/mol. The minimum absolute atomic E-state index is 0.0756. The largest absolute Gasteiger partial charge is 0.378 e. The molecule has 28 heavy (non-hydrogen) atoms. The first kappa shape index (κ1) is 18.0. The number of nitrogens with zero attached hydrogens (tertiary/aromatic N) is 2. The third kappa shape index (κ3) is 3.19. The van der Waals surface area contributed by atoms with Gasteiger partial charge >= 0.3 is 5.69 Å². The first-order valence-electron chi connectivity index (χ1n) is 9.24. The summed E-state index contributed by atoms with van der Waals surface area (Å²) in [5.41, 5.74) is 2.54. The summed E-state index contributed by atoms with van der Waals surface area (Å²) in [6, 6.07) is 12.9. The maximum absolute atomic E-state index is 12.5. The SMILES string of the molecule is CN(C)c1ccc(C(=O)NCC2Cc3cccc4c(=O)[nH]c(=O)n(c34)C2)cc1. The van der Waals surface area contributed by atoms with Crippen molar-refractivity contribution in [2.24, 2.45) is 5.92 Å². The highest BCUT2D eigenvalue weighted by Gasteiger charge is 2.23. The van der Waals surface area contributed by atoms with Gasteiger partial charge in [0.15, 0.2) is 0 Å². The fourth-order valence-electron chi connectivity index (χ4n) is 3.79. The zero-order chi connectivity index (χ0) is 19.8. The molecule has 2 N–H and O–H groups in total. The van der Waals surface area contributed by atoms with E-state index in [0.717, 1.165) is 11.3 Å². The monoisotopic (exact) mass is 378 g/mol. The van der Waals surface area contributed by atoms with Crippen LogP contribution >= 0.6 is 0 Å². The number of aromatic amines is 1. The third-order valence-electron chi connectivity index (χ3n) is 5.25. The fraction of sp³-hybridized carbons (Fsp3) is 0.286. The molecule has 1 aliphatic heterocycles. The van der Waals surface area contributed by atoms with Crippen LogP contribution in [0.3, 0.4) is 0 Å². The van der Waals surface area contributed by atoms with Crippen molar-refractivity contribution in [3.8, 4) is 0 Å². The smallest absolute Gasteiger partial charge is 0.328 e. The van der Waals surface area contributed by atoms with Crippen LogP contribution in [0.1, 0.15) is 15.9 Å². The maximum Gasteiger partial charge on any atom is 0.328 e. The summed E-state index contributed by atoms with van der Waals surface area (Å²) in [5, 5.41) is 3.50. The van der Waals surface area contributed by atoms with Gasteiger partial charge in [-0.1, -0.05) is 12.1 Å². The first-order valence-corrected chi connectivity index (χ1v) is 9.24. The summed E-state index contributed by atoms with van der Waals surface area (Å²) in [6.45, 7) is 0.915. The minimum atomic E-state index is -0.403. The standard InChI is InChI=1S/C21H22N4O3/c1-24(2)16-8-6-14(7-9-16)19(26)22-11-13-10-15-4-3-5-17-18(15)25(12-13)21(28)23-20(17)27/h3-9,13H,10-12H2,1-2H3,(H,22,26)(H,23,27,28). The topological polar surface area (TPSA) is 87.2 Å². The number of H-pyrrole nitrogens is 1. The highest BCUT2D eigenvalue weighted by molar-refractivity contribution is 5.94. The predicted octanol–water partition coefficient (Wildman–Crippen LogP) is 1.36. The van der Waals surface area contributed by atoms with Gasteiger partial charge < -0.3 is 10.2 Å². The van der Waals surface area contributed by atoms with Gasteiger partial charge in [-0.3, -0.25) is 19.1 Å². The Morgan fingerprint density at radius 3 is 2.64 bits per heavy atom. The normalized spacial score (nSPS) is 15.4. The van der Waals surface area contributed by atoms with Crippen molar-refractivity contribution < 1.29 is 4.79 Å². The van der Waals surface area contributed by atoms with Crippen LogP contribution in [0.15, 0.2) is 52.1 Å². The molecule has 1 aromatic heterocycles. The summed E-state index contributed by atoms with van der Waals surface area (Å²) < 4.78 is 1.61. The molecule has 0 bridgehead atoms. The number of hydrogen-bond acceptors (Lipinski definition) is 4. The first-order chi connectivity index (χ1) is 13.4.